The number of carbonyl (C=O) groups excluding carboxylic acids is 1. The summed E-state index contributed by atoms with van der Waals surface area (Å²) in [4.78, 5) is 11.3. The van der Waals surface area contributed by atoms with Crippen molar-refractivity contribution in [3.63, 3.8) is 0 Å². The Morgan fingerprint density at radius 3 is 1.54 bits per heavy atom. The monoisotopic (exact) mass is 567 g/mol. The van der Waals surface area contributed by atoms with Gasteiger partial charge in [-0.05, 0) is 59.7 Å². The fourth-order valence-electron chi connectivity index (χ4n) is 2.75. The molecular weight excluding hydrogens is 548 g/mol. The van der Waals surface area contributed by atoms with E-state index in [1.165, 1.54) is 24.3 Å². The summed E-state index contributed by atoms with van der Waals surface area (Å²) >= 11 is 3.91. The standard InChI is InChI=1S/C16H14F3NO4S.C7H5F3OS/c17-16(18,19)24-13-5-7-14(8-6-13)25(22,23)10-12-3-1-11(2-4-12)9-15(20)21;8-7(9,10)11-5-1-3-6(12)4-2-5/h1-8H,9-10H2,(H2,20,21);1-4,12H. The van der Waals surface area contributed by atoms with Gasteiger partial charge in [0.25, 0.3) is 0 Å². The van der Waals surface area contributed by atoms with Crippen molar-refractivity contribution in [2.75, 3.05) is 0 Å². The molecule has 0 fully saturated rings. The van der Waals surface area contributed by atoms with Crippen molar-refractivity contribution in [1.29, 1.82) is 0 Å². The smallest absolute Gasteiger partial charge is 0.406 e. The number of hydrogen-bond acceptors (Lipinski definition) is 6. The molecule has 14 heteroatoms. The van der Waals surface area contributed by atoms with Crippen molar-refractivity contribution >= 4 is 28.4 Å². The van der Waals surface area contributed by atoms with Gasteiger partial charge in [-0.15, -0.1) is 39.0 Å². The highest BCUT2D eigenvalue weighted by Gasteiger charge is 2.31. The molecule has 0 saturated carbocycles. The number of rotatable bonds is 7. The summed E-state index contributed by atoms with van der Waals surface area (Å²) in [5, 5.41) is 0. The fraction of sp³-hybridized carbons (Fsp3) is 0.174. The maximum atomic E-state index is 12.3. The first-order valence-corrected chi connectivity index (χ1v) is 12.1. The van der Waals surface area contributed by atoms with Crippen LogP contribution in [0.5, 0.6) is 11.5 Å². The van der Waals surface area contributed by atoms with E-state index in [2.05, 4.69) is 22.1 Å². The van der Waals surface area contributed by atoms with E-state index in [0.717, 1.165) is 24.3 Å². The number of primary amides is 1. The minimum atomic E-state index is -4.84. The zero-order valence-corrected chi connectivity index (χ0v) is 20.3. The van der Waals surface area contributed by atoms with Gasteiger partial charge in [-0.1, -0.05) is 24.3 Å². The van der Waals surface area contributed by atoms with Gasteiger partial charge in [0, 0.05) is 4.90 Å². The van der Waals surface area contributed by atoms with Gasteiger partial charge >= 0.3 is 12.7 Å². The van der Waals surface area contributed by atoms with Gasteiger partial charge in [0.1, 0.15) is 11.5 Å². The Morgan fingerprint density at radius 2 is 1.14 bits per heavy atom. The van der Waals surface area contributed by atoms with Crippen LogP contribution < -0.4 is 15.2 Å². The summed E-state index contributed by atoms with van der Waals surface area (Å²) in [7, 11) is -3.74. The predicted octanol–water partition coefficient (Wildman–Crippen LogP) is 5.46. The van der Waals surface area contributed by atoms with E-state index >= 15 is 0 Å². The number of ether oxygens (including phenoxy) is 2. The first-order valence-electron chi connectivity index (χ1n) is 10.0. The Hall–Kier alpha value is -3.39. The largest absolute Gasteiger partial charge is 0.573 e. The molecule has 0 radical (unpaired) electrons. The van der Waals surface area contributed by atoms with Gasteiger partial charge in [0.05, 0.1) is 17.1 Å². The molecule has 3 aromatic carbocycles. The normalized spacial score (nSPS) is 11.8. The number of halogens is 6. The molecule has 2 N–H and O–H groups in total. The van der Waals surface area contributed by atoms with E-state index in [-0.39, 0.29) is 22.8 Å². The Kier molecular flexibility index (Phi) is 9.87. The molecule has 6 nitrogen and oxygen atoms in total. The molecule has 0 aliphatic rings. The highest BCUT2D eigenvalue weighted by Crippen LogP contribution is 2.25. The zero-order chi connectivity index (χ0) is 27.9. The molecule has 3 rings (SSSR count). The van der Waals surface area contributed by atoms with Crippen molar-refractivity contribution in [1.82, 2.24) is 0 Å². The molecule has 200 valence electrons. The van der Waals surface area contributed by atoms with Crippen LogP contribution in [0.3, 0.4) is 0 Å². The van der Waals surface area contributed by atoms with Gasteiger partial charge < -0.3 is 15.2 Å². The number of thiol groups is 1. The first kappa shape index (κ1) is 29.8. The molecule has 0 bridgehead atoms. The topological polar surface area (TPSA) is 95.7 Å². The fourth-order valence-corrected chi connectivity index (χ4v) is 4.25. The van der Waals surface area contributed by atoms with Crippen molar-refractivity contribution in [3.8, 4) is 11.5 Å². The summed E-state index contributed by atoms with van der Waals surface area (Å²) in [6, 6.07) is 15.5. The van der Waals surface area contributed by atoms with Crippen LogP contribution in [-0.2, 0) is 26.8 Å². The summed E-state index contributed by atoms with van der Waals surface area (Å²) in [6.45, 7) is 0. The van der Waals surface area contributed by atoms with E-state index in [1.807, 2.05) is 0 Å². The molecule has 0 aromatic heterocycles. The third kappa shape index (κ3) is 11.5. The summed E-state index contributed by atoms with van der Waals surface area (Å²) in [6.07, 6.45) is -9.42. The average Bonchev–Trinajstić information content (AvgIpc) is 2.75. The van der Waals surface area contributed by atoms with Crippen molar-refractivity contribution < 1.29 is 49.0 Å². The minimum absolute atomic E-state index is 0.0493. The maximum absolute atomic E-state index is 12.3. The van der Waals surface area contributed by atoms with E-state index in [9.17, 15) is 39.6 Å². The number of carbonyl (C=O) groups is 1. The van der Waals surface area contributed by atoms with Crippen LogP contribution in [0.4, 0.5) is 26.3 Å². The first-order chi connectivity index (χ1) is 17.0. The highest BCUT2D eigenvalue weighted by molar-refractivity contribution is 7.90. The lowest BCUT2D eigenvalue weighted by atomic mass is 10.1. The Bertz CT molecular complexity index is 1280. The second-order valence-corrected chi connectivity index (χ2v) is 9.79. The Labute approximate surface area is 213 Å². The number of amides is 1. The van der Waals surface area contributed by atoms with Gasteiger partial charge in [0.15, 0.2) is 9.84 Å². The third-order valence-corrected chi connectivity index (χ3v) is 6.25. The number of nitrogens with two attached hydrogens (primary N) is 1. The number of sulfone groups is 1. The molecule has 0 saturated heterocycles. The van der Waals surface area contributed by atoms with Crippen molar-refractivity contribution in [2.24, 2.45) is 5.73 Å². The lowest BCUT2D eigenvalue weighted by molar-refractivity contribution is -0.275. The lowest BCUT2D eigenvalue weighted by Crippen LogP contribution is -2.17. The second-order valence-electron chi connectivity index (χ2n) is 7.28. The van der Waals surface area contributed by atoms with E-state index in [4.69, 9.17) is 5.73 Å². The summed E-state index contributed by atoms with van der Waals surface area (Å²) in [5.41, 5.74) is 6.21. The van der Waals surface area contributed by atoms with Gasteiger partial charge in [-0.2, -0.15) is 0 Å². The van der Waals surface area contributed by atoms with Crippen LogP contribution in [0.2, 0.25) is 0 Å². The van der Waals surface area contributed by atoms with Crippen molar-refractivity contribution in [3.05, 3.63) is 83.9 Å². The molecule has 0 aliphatic heterocycles. The number of hydrogen-bond donors (Lipinski definition) is 2. The van der Waals surface area contributed by atoms with Crippen LogP contribution in [-0.4, -0.2) is 27.0 Å². The van der Waals surface area contributed by atoms with Gasteiger partial charge in [-0.25, -0.2) is 8.42 Å². The third-order valence-electron chi connectivity index (χ3n) is 4.24. The SMILES string of the molecule is FC(F)(F)Oc1ccc(S)cc1.NC(=O)Cc1ccc(CS(=O)(=O)c2ccc(OC(F)(F)F)cc2)cc1. The van der Waals surface area contributed by atoms with E-state index < -0.39 is 34.2 Å². The second kappa shape index (κ2) is 12.2. The van der Waals surface area contributed by atoms with Crippen LogP contribution in [0.1, 0.15) is 11.1 Å². The summed E-state index contributed by atoms with van der Waals surface area (Å²) < 4.78 is 103. The van der Waals surface area contributed by atoms with Crippen molar-refractivity contribution in [2.45, 2.75) is 34.7 Å². The Morgan fingerprint density at radius 1 is 0.730 bits per heavy atom. The quantitative estimate of drug-likeness (QED) is 0.292. The van der Waals surface area contributed by atoms with Crippen LogP contribution in [0.25, 0.3) is 0 Å². The average molecular weight is 568 g/mol. The molecule has 37 heavy (non-hydrogen) atoms. The van der Waals surface area contributed by atoms with Gasteiger partial charge in [0.2, 0.25) is 5.91 Å². The van der Waals surface area contributed by atoms with Gasteiger partial charge in [-0.3, -0.25) is 4.79 Å². The number of benzene rings is 3. The van der Waals surface area contributed by atoms with E-state index in [0.29, 0.717) is 16.0 Å². The highest BCUT2D eigenvalue weighted by atomic mass is 32.2. The molecule has 0 heterocycles. The number of alkyl halides is 6. The minimum Gasteiger partial charge on any atom is -0.406 e. The maximum Gasteiger partial charge on any atom is 0.573 e. The zero-order valence-electron chi connectivity index (χ0n) is 18.6. The molecule has 0 aliphatic carbocycles. The molecule has 0 atom stereocenters. The van der Waals surface area contributed by atoms with Crippen LogP contribution in [0, 0.1) is 0 Å². The summed E-state index contributed by atoms with van der Waals surface area (Å²) in [5.74, 6) is -1.56. The van der Waals surface area contributed by atoms with Crippen LogP contribution in [0.15, 0.2) is 82.6 Å². The lowest BCUT2D eigenvalue weighted by Gasteiger charge is -2.10. The molecule has 0 unspecified atom stereocenters. The predicted molar refractivity (Wildman–Crippen MR) is 124 cm³/mol. The molecule has 3 aromatic rings. The Balaban J connectivity index is 0.000000335. The molecular formula is C23H19F6NO5S2. The molecule has 0 spiro atoms. The van der Waals surface area contributed by atoms with E-state index in [1.54, 1.807) is 24.3 Å². The van der Waals surface area contributed by atoms with Crippen LogP contribution >= 0.6 is 12.6 Å². The molecule has 1 amide bonds.